The predicted molar refractivity (Wildman–Crippen MR) is 98.2 cm³/mol. The van der Waals surface area contributed by atoms with Crippen LogP contribution < -0.4 is 0 Å². The molecule has 1 aromatic rings. The van der Waals surface area contributed by atoms with Gasteiger partial charge >= 0.3 is 0 Å². The Balaban J connectivity index is 3.10. The zero-order chi connectivity index (χ0) is 16.7. The maximum Gasteiger partial charge on any atom is 0.0389 e. The van der Waals surface area contributed by atoms with E-state index in [0.717, 1.165) is 40.7 Å². The third kappa shape index (κ3) is 4.96. The third-order valence-corrected chi connectivity index (χ3v) is 3.56. The normalized spacial score (nSPS) is 10.5. The van der Waals surface area contributed by atoms with Gasteiger partial charge < -0.3 is 10.8 Å². The first kappa shape index (κ1) is 17.8. The van der Waals surface area contributed by atoms with Crippen molar-refractivity contribution in [3.05, 3.63) is 64.8 Å². The van der Waals surface area contributed by atoms with Crippen molar-refractivity contribution >= 4 is 17.5 Å². The lowest BCUT2D eigenvalue weighted by atomic mass is 9.93. The van der Waals surface area contributed by atoms with Crippen molar-refractivity contribution in [1.29, 1.82) is 10.8 Å². The number of allylic oxidation sites excluding steroid dienone is 5. The fourth-order valence-corrected chi connectivity index (χ4v) is 2.31. The molecule has 1 rings (SSSR count). The van der Waals surface area contributed by atoms with E-state index in [9.17, 15) is 0 Å². The van der Waals surface area contributed by atoms with E-state index < -0.39 is 0 Å². The molecule has 0 saturated heterocycles. The molecule has 22 heavy (non-hydrogen) atoms. The monoisotopic (exact) mass is 294 g/mol. The molecule has 116 valence electrons. The second-order valence-corrected chi connectivity index (χ2v) is 5.90. The van der Waals surface area contributed by atoms with Gasteiger partial charge in [0.2, 0.25) is 0 Å². The van der Waals surface area contributed by atoms with Crippen LogP contribution in [-0.2, 0) is 0 Å². The van der Waals surface area contributed by atoms with Gasteiger partial charge in [0.05, 0.1) is 0 Å². The molecule has 0 aliphatic carbocycles. The molecule has 0 aliphatic heterocycles. The van der Waals surface area contributed by atoms with Crippen LogP contribution in [0, 0.1) is 17.7 Å². The highest BCUT2D eigenvalue weighted by molar-refractivity contribution is 5.99. The number of aryl methyl sites for hydroxylation is 1. The summed E-state index contributed by atoms with van der Waals surface area (Å²) in [7, 11) is 0. The van der Waals surface area contributed by atoms with Crippen LogP contribution in [0.4, 0.5) is 0 Å². The average Bonchev–Trinajstić information content (AvgIpc) is 2.46. The van der Waals surface area contributed by atoms with Crippen molar-refractivity contribution in [3.63, 3.8) is 0 Å². The van der Waals surface area contributed by atoms with Crippen LogP contribution in [0.15, 0.2) is 48.1 Å². The minimum atomic E-state index is 0.659. The Morgan fingerprint density at radius 1 is 1.18 bits per heavy atom. The average molecular weight is 294 g/mol. The summed E-state index contributed by atoms with van der Waals surface area (Å²) in [5.41, 5.74) is 7.42. The van der Waals surface area contributed by atoms with Gasteiger partial charge in [-0.1, -0.05) is 29.4 Å². The summed E-state index contributed by atoms with van der Waals surface area (Å²) < 4.78 is 0. The Bertz CT molecular complexity index is 642. The Kier molecular flexibility index (Phi) is 6.71. The summed E-state index contributed by atoms with van der Waals surface area (Å²) in [5.74, 6) is 0. The molecule has 1 aromatic carbocycles. The van der Waals surface area contributed by atoms with E-state index >= 15 is 0 Å². The van der Waals surface area contributed by atoms with E-state index in [1.54, 1.807) is 6.08 Å². The molecule has 2 N–H and O–H groups in total. The lowest BCUT2D eigenvalue weighted by molar-refractivity contribution is 1.01. The number of nitrogens with one attached hydrogen (secondary N) is 2. The Hall–Kier alpha value is -2.22. The molecule has 2 nitrogen and oxygen atoms in total. The highest BCUT2D eigenvalue weighted by Gasteiger charge is 2.08. The molecule has 0 saturated carbocycles. The van der Waals surface area contributed by atoms with Gasteiger partial charge in [0.15, 0.2) is 0 Å². The molecule has 0 atom stereocenters. The summed E-state index contributed by atoms with van der Waals surface area (Å²) in [6.45, 7) is 12.1. The zero-order valence-electron chi connectivity index (χ0n) is 14.1. The zero-order valence-corrected chi connectivity index (χ0v) is 14.1. The minimum absolute atomic E-state index is 0.659. The summed E-state index contributed by atoms with van der Waals surface area (Å²) in [6.07, 6.45) is 6.60. The summed E-state index contributed by atoms with van der Waals surface area (Å²) in [4.78, 5) is 0. The molecule has 0 amide bonds. The maximum absolute atomic E-state index is 8.20. The lowest BCUT2D eigenvalue weighted by Gasteiger charge is -2.12. The van der Waals surface area contributed by atoms with Crippen molar-refractivity contribution in [3.8, 4) is 0 Å². The Morgan fingerprint density at radius 3 is 2.36 bits per heavy atom. The van der Waals surface area contributed by atoms with Crippen molar-refractivity contribution in [2.75, 3.05) is 0 Å². The summed E-state index contributed by atoms with van der Waals surface area (Å²) >= 11 is 0. The first-order valence-electron chi connectivity index (χ1n) is 7.54. The SMILES string of the molecule is C=C(C)CCC(=N)c1ccc(C(/C=C\C=N)=C(C)C)c(C)c1. The third-order valence-electron chi connectivity index (χ3n) is 3.56. The topological polar surface area (TPSA) is 47.7 Å². The van der Waals surface area contributed by atoms with Crippen molar-refractivity contribution < 1.29 is 0 Å². The van der Waals surface area contributed by atoms with Gasteiger partial charge in [0.1, 0.15) is 0 Å². The molecule has 0 radical (unpaired) electrons. The fourth-order valence-electron chi connectivity index (χ4n) is 2.31. The largest absolute Gasteiger partial charge is 0.309 e. The number of hydrogen-bond donors (Lipinski definition) is 2. The smallest absolute Gasteiger partial charge is 0.0389 e. The molecule has 0 aromatic heterocycles. The first-order valence-corrected chi connectivity index (χ1v) is 7.54. The quantitative estimate of drug-likeness (QED) is 0.367. The highest BCUT2D eigenvalue weighted by Crippen LogP contribution is 2.25. The van der Waals surface area contributed by atoms with Gasteiger partial charge in [0, 0.05) is 11.9 Å². The molecular formula is C20H26N2. The summed E-state index contributed by atoms with van der Waals surface area (Å²) in [6, 6.07) is 6.18. The highest BCUT2D eigenvalue weighted by atomic mass is 14.4. The van der Waals surface area contributed by atoms with E-state index in [-0.39, 0.29) is 0 Å². The van der Waals surface area contributed by atoms with Crippen LogP contribution in [0.5, 0.6) is 0 Å². The van der Waals surface area contributed by atoms with E-state index in [1.807, 2.05) is 19.1 Å². The molecule has 0 fully saturated rings. The van der Waals surface area contributed by atoms with Crippen LogP contribution in [0.3, 0.4) is 0 Å². The molecule has 0 bridgehead atoms. The minimum Gasteiger partial charge on any atom is -0.309 e. The van der Waals surface area contributed by atoms with Gasteiger partial charge in [0.25, 0.3) is 0 Å². The fraction of sp³-hybridized carbons (Fsp3) is 0.300. The number of hydrogen-bond acceptors (Lipinski definition) is 2. The van der Waals surface area contributed by atoms with Crippen LogP contribution in [-0.4, -0.2) is 11.9 Å². The van der Waals surface area contributed by atoms with E-state index in [2.05, 4.69) is 39.5 Å². The van der Waals surface area contributed by atoms with Crippen molar-refractivity contribution in [2.45, 2.75) is 40.5 Å². The van der Waals surface area contributed by atoms with Gasteiger partial charge in [-0.3, -0.25) is 0 Å². The predicted octanol–water partition coefficient (Wildman–Crippen LogP) is 5.72. The second kappa shape index (κ2) is 8.28. The van der Waals surface area contributed by atoms with Crippen LogP contribution in [0.2, 0.25) is 0 Å². The van der Waals surface area contributed by atoms with Crippen LogP contribution in [0.1, 0.15) is 50.3 Å². The van der Waals surface area contributed by atoms with Crippen LogP contribution >= 0.6 is 0 Å². The summed E-state index contributed by atoms with van der Waals surface area (Å²) in [5, 5.41) is 15.4. The van der Waals surface area contributed by atoms with E-state index in [0.29, 0.717) is 5.71 Å². The van der Waals surface area contributed by atoms with Crippen LogP contribution in [0.25, 0.3) is 5.57 Å². The molecule has 0 spiro atoms. The van der Waals surface area contributed by atoms with E-state index in [1.165, 1.54) is 11.8 Å². The Morgan fingerprint density at radius 2 is 1.86 bits per heavy atom. The Labute approximate surface area is 134 Å². The molecule has 0 unspecified atom stereocenters. The number of rotatable bonds is 7. The maximum atomic E-state index is 8.20. The second-order valence-electron chi connectivity index (χ2n) is 5.90. The lowest BCUT2D eigenvalue weighted by Crippen LogP contribution is -2.01. The van der Waals surface area contributed by atoms with Crippen molar-refractivity contribution in [1.82, 2.24) is 0 Å². The molecule has 0 heterocycles. The number of benzene rings is 1. The van der Waals surface area contributed by atoms with Gasteiger partial charge in [-0.2, -0.15) is 0 Å². The molecule has 0 aliphatic rings. The molecule has 2 heteroatoms. The van der Waals surface area contributed by atoms with E-state index in [4.69, 9.17) is 10.8 Å². The molecular weight excluding hydrogens is 268 g/mol. The van der Waals surface area contributed by atoms with Crippen molar-refractivity contribution in [2.24, 2.45) is 0 Å². The van der Waals surface area contributed by atoms with Gasteiger partial charge in [-0.05, 0) is 74.9 Å². The standard InChI is InChI=1S/C20H26N2/c1-14(2)8-11-20(22)17-9-10-19(16(5)13-17)18(15(3)4)7-6-12-21/h6-7,9-10,12-13,21-22H,1,8,11H2,2-5H3/b7-6-,21-12?,22-20?. The first-order chi connectivity index (χ1) is 10.4. The van der Waals surface area contributed by atoms with Gasteiger partial charge in [-0.25, -0.2) is 0 Å². The van der Waals surface area contributed by atoms with Gasteiger partial charge in [-0.15, -0.1) is 6.58 Å².